The van der Waals surface area contributed by atoms with Gasteiger partial charge in [0, 0.05) is 9.75 Å². The number of hydrogen-bond acceptors (Lipinski definition) is 5. The van der Waals surface area contributed by atoms with Crippen LogP contribution in [0.4, 0.5) is 18.9 Å². The van der Waals surface area contributed by atoms with Crippen LogP contribution in [0.3, 0.4) is 0 Å². The second-order valence-corrected chi connectivity index (χ2v) is 8.61. The number of carbonyl (C=O) groups is 2. The van der Waals surface area contributed by atoms with Crippen molar-refractivity contribution >= 4 is 63.5 Å². The number of benzene rings is 1. The van der Waals surface area contributed by atoms with Gasteiger partial charge in [0.2, 0.25) is 0 Å². The zero-order valence-electron chi connectivity index (χ0n) is 15.9. The van der Waals surface area contributed by atoms with E-state index >= 15 is 0 Å². The van der Waals surface area contributed by atoms with Gasteiger partial charge in [0.25, 0.3) is 5.91 Å². The number of nitrogens with one attached hydrogen (secondary N) is 1. The van der Waals surface area contributed by atoms with E-state index in [-0.39, 0.29) is 16.3 Å². The smallest absolute Gasteiger partial charge is 0.416 e. The van der Waals surface area contributed by atoms with E-state index in [0.717, 1.165) is 23.1 Å². The molecule has 1 aromatic carbocycles. The van der Waals surface area contributed by atoms with Crippen molar-refractivity contribution in [1.82, 2.24) is 0 Å². The van der Waals surface area contributed by atoms with Crippen molar-refractivity contribution in [2.75, 3.05) is 5.32 Å². The zero-order chi connectivity index (χ0) is 22.6. The van der Waals surface area contributed by atoms with E-state index in [1.807, 2.05) is 17.5 Å². The number of thiophene rings is 2. The first-order chi connectivity index (χ1) is 14.6. The van der Waals surface area contributed by atoms with Crippen molar-refractivity contribution in [2.45, 2.75) is 19.2 Å². The lowest BCUT2D eigenvalue weighted by Gasteiger charge is -2.16. The Morgan fingerprint density at radius 3 is 2.45 bits per heavy atom. The third kappa shape index (κ3) is 5.96. The number of ether oxygens (including phenoxy) is 1. The highest BCUT2D eigenvalue weighted by Gasteiger charge is 2.31. The molecule has 0 aliphatic carbocycles. The maximum atomic E-state index is 12.9. The highest BCUT2D eigenvalue weighted by atomic mass is 35.5. The quantitative estimate of drug-likeness (QED) is 0.316. The van der Waals surface area contributed by atoms with Gasteiger partial charge in [-0.15, -0.1) is 22.7 Å². The van der Waals surface area contributed by atoms with Crippen LogP contribution in [0.15, 0.2) is 53.2 Å². The molecule has 31 heavy (non-hydrogen) atoms. The highest BCUT2D eigenvalue weighted by Crippen LogP contribution is 2.34. The summed E-state index contributed by atoms with van der Waals surface area (Å²) in [5.74, 6) is -1.54. The van der Waals surface area contributed by atoms with E-state index in [1.165, 1.54) is 29.6 Å². The SMILES string of the molecule is CC(OC(=O)/C(=C/c1cccs1)c1cccs1)C(=O)Nc1cc(C(F)(F)F)ccc1Cl. The van der Waals surface area contributed by atoms with Crippen LogP contribution >= 0.6 is 34.3 Å². The number of rotatable bonds is 6. The van der Waals surface area contributed by atoms with Gasteiger partial charge >= 0.3 is 12.1 Å². The van der Waals surface area contributed by atoms with E-state index in [0.29, 0.717) is 4.88 Å². The van der Waals surface area contributed by atoms with Crippen LogP contribution in [-0.4, -0.2) is 18.0 Å². The predicted molar refractivity (Wildman–Crippen MR) is 117 cm³/mol. The van der Waals surface area contributed by atoms with E-state index in [9.17, 15) is 22.8 Å². The standard InChI is InChI=1S/C21H15ClF3NO3S2/c1-12(19(27)26-17-10-13(21(23,24)25)6-7-16(17)22)29-20(28)15(18-5-3-9-31-18)11-14-4-2-8-30-14/h2-12H,1H3,(H,26,27)/b15-11+. The lowest BCUT2D eigenvalue weighted by molar-refractivity contribution is -0.147. The summed E-state index contributed by atoms with van der Waals surface area (Å²) in [6.45, 7) is 1.33. The maximum absolute atomic E-state index is 12.9. The first-order valence-electron chi connectivity index (χ1n) is 8.83. The molecule has 3 aromatic rings. The molecular formula is C21H15ClF3NO3S2. The molecule has 1 N–H and O–H groups in total. The third-order valence-corrected chi connectivity index (χ3v) is 6.09. The van der Waals surface area contributed by atoms with Gasteiger partial charge in [-0.2, -0.15) is 13.2 Å². The Labute approximate surface area is 188 Å². The number of alkyl halides is 3. The van der Waals surface area contributed by atoms with Crippen molar-refractivity contribution < 1.29 is 27.5 Å². The molecule has 2 aromatic heterocycles. The summed E-state index contributed by atoms with van der Waals surface area (Å²) in [4.78, 5) is 26.7. The molecule has 0 aliphatic heterocycles. The fourth-order valence-corrected chi connectivity index (χ4v) is 4.04. The molecular weight excluding hydrogens is 471 g/mol. The molecule has 2 heterocycles. The Bertz CT molecular complexity index is 1090. The highest BCUT2D eigenvalue weighted by molar-refractivity contribution is 7.12. The molecule has 1 amide bonds. The van der Waals surface area contributed by atoms with E-state index < -0.39 is 29.7 Å². The van der Waals surface area contributed by atoms with Crippen molar-refractivity contribution in [2.24, 2.45) is 0 Å². The van der Waals surface area contributed by atoms with Crippen LogP contribution in [0, 0.1) is 0 Å². The lowest BCUT2D eigenvalue weighted by Crippen LogP contribution is -2.30. The monoisotopic (exact) mass is 485 g/mol. The van der Waals surface area contributed by atoms with Gasteiger partial charge in [0.1, 0.15) is 0 Å². The summed E-state index contributed by atoms with van der Waals surface area (Å²) in [5.41, 5.74) is -0.915. The molecule has 1 unspecified atom stereocenters. The second kappa shape index (κ2) is 9.67. The Kier molecular flexibility index (Phi) is 7.19. The van der Waals surface area contributed by atoms with Crippen molar-refractivity contribution in [3.05, 3.63) is 73.6 Å². The van der Waals surface area contributed by atoms with Crippen molar-refractivity contribution in [3.63, 3.8) is 0 Å². The van der Waals surface area contributed by atoms with Crippen LogP contribution in [0.1, 0.15) is 22.2 Å². The van der Waals surface area contributed by atoms with Crippen LogP contribution in [0.2, 0.25) is 5.02 Å². The Morgan fingerprint density at radius 2 is 1.84 bits per heavy atom. The summed E-state index contributed by atoms with van der Waals surface area (Å²) in [7, 11) is 0. The van der Waals surface area contributed by atoms with Crippen molar-refractivity contribution in [3.8, 4) is 0 Å². The minimum Gasteiger partial charge on any atom is -0.449 e. The molecule has 4 nitrogen and oxygen atoms in total. The number of halogens is 4. The molecule has 0 spiro atoms. The fourth-order valence-electron chi connectivity index (χ4n) is 2.49. The Morgan fingerprint density at radius 1 is 1.13 bits per heavy atom. The molecule has 3 rings (SSSR count). The molecule has 162 valence electrons. The van der Waals surface area contributed by atoms with Gasteiger partial charge in [0.05, 0.1) is 21.8 Å². The van der Waals surface area contributed by atoms with Gasteiger partial charge in [-0.25, -0.2) is 4.79 Å². The van der Waals surface area contributed by atoms with Gasteiger partial charge in [-0.05, 0) is 54.1 Å². The second-order valence-electron chi connectivity index (χ2n) is 6.28. The first-order valence-corrected chi connectivity index (χ1v) is 11.0. The number of carbonyl (C=O) groups excluding carboxylic acids is 2. The zero-order valence-corrected chi connectivity index (χ0v) is 18.3. The summed E-state index contributed by atoms with van der Waals surface area (Å²) in [6, 6.07) is 9.77. The summed E-state index contributed by atoms with van der Waals surface area (Å²) >= 11 is 8.67. The van der Waals surface area contributed by atoms with E-state index in [2.05, 4.69) is 5.32 Å². The number of esters is 1. The van der Waals surface area contributed by atoms with E-state index in [4.69, 9.17) is 16.3 Å². The van der Waals surface area contributed by atoms with E-state index in [1.54, 1.807) is 23.6 Å². The summed E-state index contributed by atoms with van der Waals surface area (Å²) in [6.07, 6.45) is -4.21. The minimum atomic E-state index is -4.59. The normalized spacial score (nSPS) is 13.0. The molecule has 0 saturated heterocycles. The Hall–Kier alpha value is -2.62. The average Bonchev–Trinajstić information content (AvgIpc) is 3.40. The molecule has 0 saturated carbocycles. The number of amides is 1. The molecule has 1 atom stereocenters. The molecule has 0 aliphatic rings. The van der Waals surface area contributed by atoms with Crippen LogP contribution in [-0.2, 0) is 20.5 Å². The molecule has 0 fully saturated rings. The van der Waals surface area contributed by atoms with Crippen molar-refractivity contribution in [1.29, 1.82) is 0 Å². The minimum absolute atomic E-state index is 0.0725. The van der Waals surface area contributed by atoms with Gasteiger partial charge in [-0.3, -0.25) is 4.79 Å². The fraction of sp³-hybridized carbons (Fsp3) is 0.143. The number of hydrogen-bond donors (Lipinski definition) is 1. The predicted octanol–water partition coefficient (Wildman–Crippen LogP) is 6.59. The topological polar surface area (TPSA) is 55.4 Å². The van der Waals surface area contributed by atoms with Crippen LogP contribution < -0.4 is 5.32 Å². The number of anilines is 1. The average molecular weight is 486 g/mol. The van der Waals surface area contributed by atoms with Gasteiger partial charge in [-0.1, -0.05) is 23.7 Å². The van der Waals surface area contributed by atoms with Crippen LogP contribution in [0.25, 0.3) is 11.6 Å². The lowest BCUT2D eigenvalue weighted by atomic mass is 10.2. The molecule has 0 radical (unpaired) electrons. The summed E-state index contributed by atoms with van der Waals surface area (Å²) < 4.78 is 44.0. The molecule has 0 bridgehead atoms. The largest absolute Gasteiger partial charge is 0.449 e. The summed E-state index contributed by atoms with van der Waals surface area (Å²) in [5, 5.41) is 5.87. The third-order valence-electron chi connectivity index (χ3n) is 4.04. The Balaban J connectivity index is 1.75. The van der Waals surface area contributed by atoms with Gasteiger partial charge in [0.15, 0.2) is 6.10 Å². The van der Waals surface area contributed by atoms with Crippen LogP contribution in [0.5, 0.6) is 0 Å². The first kappa shape index (κ1) is 23.1. The molecule has 10 heteroatoms. The van der Waals surface area contributed by atoms with Gasteiger partial charge < -0.3 is 10.1 Å². The maximum Gasteiger partial charge on any atom is 0.416 e.